The molecule has 0 saturated carbocycles. The van der Waals surface area contributed by atoms with Gasteiger partial charge in [0.15, 0.2) is 0 Å². The van der Waals surface area contributed by atoms with Crippen LogP contribution in [0.3, 0.4) is 0 Å². The van der Waals surface area contributed by atoms with Crippen LogP contribution in [0.25, 0.3) is 22.2 Å². The van der Waals surface area contributed by atoms with E-state index in [1.165, 1.54) is 12.1 Å². The van der Waals surface area contributed by atoms with Crippen molar-refractivity contribution in [2.45, 2.75) is 16.6 Å². The maximum atomic E-state index is 12.3. The van der Waals surface area contributed by atoms with Crippen molar-refractivity contribution in [1.82, 2.24) is 9.55 Å². The molecule has 0 unspecified atom stereocenters. The fraction of sp³-hybridized carbons (Fsp3) is 0.235. The van der Waals surface area contributed by atoms with E-state index in [1.54, 1.807) is 30.2 Å². The van der Waals surface area contributed by atoms with Gasteiger partial charge in [-0.05, 0) is 35.6 Å². The van der Waals surface area contributed by atoms with E-state index in [9.17, 15) is 13.2 Å². The van der Waals surface area contributed by atoms with Crippen LogP contribution in [-0.2, 0) is 12.4 Å². The zero-order valence-electron chi connectivity index (χ0n) is 13.4. The van der Waals surface area contributed by atoms with E-state index in [2.05, 4.69) is 25.7 Å². The fourth-order valence-electron chi connectivity index (χ4n) is 2.74. The molecule has 0 radical (unpaired) electrons. The van der Waals surface area contributed by atoms with Crippen LogP contribution in [0, 0.1) is 0 Å². The van der Waals surface area contributed by atoms with Gasteiger partial charge in [-0.3, -0.25) is 0 Å². The van der Waals surface area contributed by atoms with Crippen molar-refractivity contribution >= 4 is 38.7 Å². The summed E-state index contributed by atoms with van der Waals surface area (Å²) in [6, 6.07) is 7.87. The summed E-state index contributed by atoms with van der Waals surface area (Å²) in [4.78, 5) is 5.62. The first-order valence-electron chi connectivity index (χ1n) is 7.27. The fourth-order valence-corrected chi connectivity index (χ4v) is 4.19. The Morgan fingerprint density at radius 3 is 2.48 bits per heavy atom. The molecule has 132 valence electrons. The lowest BCUT2D eigenvalue weighted by Crippen LogP contribution is -2.16. The van der Waals surface area contributed by atoms with Crippen molar-refractivity contribution in [3.8, 4) is 16.9 Å². The lowest BCUT2D eigenvalue weighted by Gasteiger charge is -2.13. The molecule has 0 amide bonds. The number of halogens is 4. The summed E-state index contributed by atoms with van der Waals surface area (Å²) in [6.45, 7) is 0. The lowest BCUT2D eigenvalue weighted by atomic mass is 10.0. The number of nitrogens with zero attached hydrogens (tertiary/aromatic N) is 2. The largest absolute Gasteiger partial charge is 0.573 e. The number of benzene rings is 2. The SMILES string of the molecule is CSc1c(CBr)cc(-c2ccc(OC(F)(F)F)cc2)c2ncn(C)c12. The van der Waals surface area contributed by atoms with Crippen molar-refractivity contribution < 1.29 is 17.9 Å². The van der Waals surface area contributed by atoms with Gasteiger partial charge in [0.05, 0.1) is 17.4 Å². The third kappa shape index (κ3) is 3.64. The lowest BCUT2D eigenvalue weighted by molar-refractivity contribution is -0.274. The van der Waals surface area contributed by atoms with Crippen molar-refractivity contribution in [2.24, 2.45) is 7.05 Å². The molecule has 1 aromatic heterocycles. The summed E-state index contributed by atoms with van der Waals surface area (Å²) >= 11 is 5.16. The molecule has 25 heavy (non-hydrogen) atoms. The molecule has 8 heteroatoms. The molecule has 0 aliphatic heterocycles. The quantitative estimate of drug-likeness (QED) is 0.389. The Morgan fingerprint density at radius 2 is 1.92 bits per heavy atom. The van der Waals surface area contributed by atoms with Crippen LogP contribution < -0.4 is 4.74 Å². The minimum Gasteiger partial charge on any atom is -0.406 e. The molecule has 0 fully saturated rings. The van der Waals surface area contributed by atoms with Gasteiger partial charge in [0.1, 0.15) is 5.75 Å². The van der Waals surface area contributed by atoms with E-state index in [0.717, 1.165) is 32.6 Å². The van der Waals surface area contributed by atoms with E-state index < -0.39 is 6.36 Å². The topological polar surface area (TPSA) is 27.1 Å². The first kappa shape index (κ1) is 18.1. The van der Waals surface area contributed by atoms with E-state index in [4.69, 9.17) is 0 Å². The van der Waals surface area contributed by atoms with Gasteiger partial charge in [0, 0.05) is 22.8 Å². The number of imidazole rings is 1. The molecular weight excluding hydrogens is 417 g/mol. The van der Waals surface area contributed by atoms with Crippen LogP contribution in [0.4, 0.5) is 13.2 Å². The number of ether oxygens (including phenoxy) is 1. The normalized spacial score (nSPS) is 11.9. The molecule has 1 heterocycles. The number of aryl methyl sites for hydroxylation is 1. The average molecular weight is 431 g/mol. The highest BCUT2D eigenvalue weighted by molar-refractivity contribution is 9.08. The predicted octanol–water partition coefficient (Wildman–Crippen LogP) is 5.76. The zero-order chi connectivity index (χ0) is 18.2. The Labute approximate surface area is 155 Å². The van der Waals surface area contributed by atoms with E-state index in [-0.39, 0.29) is 5.75 Å². The maximum Gasteiger partial charge on any atom is 0.573 e. The van der Waals surface area contributed by atoms with E-state index >= 15 is 0 Å². The van der Waals surface area contributed by atoms with Gasteiger partial charge in [-0.2, -0.15) is 0 Å². The Kier molecular flexibility index (Phi) is 5.02. The van der Waals surface area contributed by atoms with Crippen LogP contribution in [-0.4, -0.2) is 22.2 Å². The van der Waals surface area contributed by atoms with Gasteiger partial charge in [-0.25, -0.2) is 4.98 Å². The number of aromatic nitrogens is 2. The second-order valence-electron chi connectivity index (χ2n) is 5.37. The van der Waals surface area contributed by atoms with Gasteiger partial charge in [0.2, 0.25) is 0 Å². The van der Waals surface area contributed by atoms with Crippen molar-refractivity contribution in [3.63, 3.8) is 0 Å². The third-order valence-electron chi connectivity index (χ3n) is 3.76. The first-order chi connectivity index (χ1) is 11.8. The van der Waals surface area contributed by atoms with Gasteiger partial charge >= 0.3 is 6.36 Å². The Bertz CT molecular complexity index is 907. The minimum absolute atomic E-state index is 0.241. The molecule has 0 spiro atoms. The molecule has 0 aliphatic rings. The van der Waals surface area contributed by atoms with Gasteiger partial charge in [-0.1, -0.05) is 28.1 Å². The second-order valence-corrected chi connectivity index (χ2v) is 6.75. The number of fused-ring (bicyclic) bond motifs is 1. The average Bonchev–Trinajstić information content (AvgIpc) is 2.95. The highest BCUT2D eigenvalue weighted by Crippen LogP contribution is 2.38. The van der Waals surface area contributed by atoms with Crippen molar-refractivity contribution in [2.75, 3.05) is 6.26 Å². The summed E-state index contributed by atoms with van der Waals surface area (Å²) in [5, 5.41) is 0.673. The summed E-state index contributed by atoms with van der Waals surface area (Å²) in [7, 11) is 1.93. The molecule has 0 atom stereocenters. The summed E-state index contributed by atoms with van der Waals surface area (Å²) < 4.78 is 42.8. The van der Waals surface area contributed by atoms with Crippen LogP contribution in [0.2, 0.25) is 0 Å². The van der Waals surface area contributed by atoms with Gasteiger partial charge in [-0.15, -0.1) is 24.9 Å². The summed E-state index contributed by atoms with van der Waals surface area (Å²) in [6.07, 6.45) is -0.942. The third-order valence-corrected chi connectivity index (χ3v) is 5.23. The standard InChI is InChI=1S/C17H14BrF3N2OS/c1-23-9-22-14-13(7-11(8-18)16(25-2)15(14)23)10-3-5-12(6-4-10)24-17(19,20)21/h3-7,9H,8H2,1-2H3. The number of rotatable bonds is 4. The number of hydrogen-bond acceptors (Lipinski definition) is 3. The molecule has 3 nitrogen and oxygen atoms in total. The highest BCUT2D eigenvalue weighted by Gasteiger charge is 2.31. The Morgan fingerprint density at radius 1 is 1.24 bits per heavy atom. The second kappa shape index (κ2) is 6.92. The number of thioether (sulfide) groups is 1. The molecule has 3 rings (SSSR count). The molecule has 0 bridgehead atoms. The highest BCUT2D eigenvalue weighted by atomic mass is 79.9. The summed E-state index contributed by atoms with van der Waals surface area (Å²) in [5.41, 5.74) is 4.60. The van der Waals surface area contributed by atoms with Crippen LogP contribution in [0.1, 0.15) is 5.56 Å². The molecular formula is C17H14BrF3N2OS. The minimum atomic E-state index is -4.70. The van der Waals surface area contributed by atoms with E-state index in [1.807, 2.05) is 23.9 Å². The van der Waals surface area contributed by atoms with Gasteiger partial charge in [0.25, 0.3) is 0 Å². The maximum absolute atomic E-state index is 12.3. The predicted molar refractivity (Wildman–Crippen MR) is 97.2 cm³/mol. The number of alkyl halides is 4. The van der Waals surface area contributed by atoms with Crippen LogP contribution >= 0.6 is 27.7 Å². The first-order valence-corrected chi connectivity index (χ1v) is 9.61. The molecule has 2 aromatic carbocycles. The monoisotopic (exact) mass is 430 g/mol. The Hall–Kier alpha value is -1.67. The van der Waals surface area contributed by atoms with Crippen LogP contribution in [0.5, 0.6) is 5.75 Å². The Balaban J connectivity index is 2.13. The molecule has 0 saturated heterocycles. The molecule has 0 N–H and O–H groups in total. The van der Waals surface area contributed by atoms with Crippen LogP contribution in [0.15, 0.2) is 41.6 Å². The van der Waals surface area contributed by atoms with Crippen molar-refractivity contribution in [3.05, 3.63) is 42.2 Å². The molecule has 0 aliphatic carbocycles. The molecule has 3 aromatic rings. The smallest absolute Gasteiger partial charge is 0.406 e. The van der Waals surface area contributed by atoms with Crippen molar-refractivity contribution in [1.29, 1.82) is 0 Å². The zero-order valence-corrected chi connectivity index (χ0v) is 15.8. The van der Waals surface area contributed by atoms with E-state index in [0.29, 0.717) is 5.33 Å². The number of hydrogen-bond donors (Lipinski definition) is 0. The van der Waals surface area contributed by atoms with Gasteiger partial charge < -0.3 is 9.30 Å². The summed E-state index contributed by atoms with van der Waals surface area (Å²) in [5.74, 6) is -0.241.